The summed E-state index contributed by atoms with van der Waals surface area (Å²) < 4.78 is 44.1. The number of hydrogen-bond acceptors (Lipinski definition) is 3. The number of carbonyl (C=O) groups is 1. The van der Waals surface area contributed by atoms with E-state index in [0.717, 1.165) is 19.2 Å². The summed E-state index contributed by atoms with van der Waals surface area (Å²) in [7, 11) is 1.12. The third-order valence-corrected chi connectivity index (χ3v) is 2.67. The maximum absolute atomic E-state index is 13.1. The molecule has 1 heterocycles. The lowest BCUT2D eigenvalue weighted by Crippen LogP contribution is -2.16. The van der Waals surface area contributed by atoms with E-state index in [4.69, 9.17) is 4.74 Å². The van der Waals surface area contributed by atoms with Gasteiger partial charge >= 0.3 is 6.18 Å². The van der Waals surface area contributed by atoms with Crippen LogP contribution in [-0.2, 0) is 6.18 Å². The standard InChI is InChI=1S/C14H10F3NO2/c1-20-11-7-4-5-9(12(11)14(15,16)17)13(19)10-6-2-3-8-18-10/h2-8H,1H3. The second-order valence-electron chi connectivity index (χ2n) is 3.92. The summed E-state index contributed by atoms with van der Waals surface area (Å²) in [4.78, 5) is 15.9. The van der Waals surface area contributed by atoms with E-state index < -0.39 is 23.1 Å². The number of aromatic nitrogens is 1. The maximum atomic E-state index is 13.1. The molecule has 2 rings (SSSR count). The lowest BCUT2D eigenvalue weighted by molar-refractivity contribution is -0.139. The molecule has 0 unspecified atom stereocenters. The molecule has 0 bridgehead atoms. The van der Waals surface area contributed by atoms with E-state index in [1.54, 1.807) is 6.07 Å². The molecule has 6 heteroatoms. The smallest absolute Gasteiger partial charge is 0.420 e. The Labute approximate surface area is 113 Å². The summed E-state index contributed by atoms with van der Waals surface area (Å²) in [5, 5.41) is 0. The number of ketones is 1. The first-order valence-electron chi connectivity index (χ1n) is 5.65. The van der Waals surface area contributed by atoms with Gasteiger partial charge < -0.3 is 4.74 Å². The molecule has 0 radical (unpaired) electrons. The van der Waals surface area contributed by atoms with Crippen LogP contribution < -0.4 is 4.74 Å². The fraction of sp³-hybridized carbons (Fsp3) is 0.143. The molecule has 0 aliphatic rings. The normalized spacial score (nSPS) is 11.2. The average Bonchev–Trinajstić information content (AvgIpc) is 2.45. The zero-order chi connectivity index (χ0) is 14.8. The van der Waals surface area contributed by atoms with Crippen LogP contribution in [0.4, 0.5) is 13.2 Å². The quantitative estimate of drug-likeness (QED) is 0.810. The van der Waals surface area contributed by atoms with Gasteiger partial charge in [0.2, 0.25) is 5.78 Å². The highest BCUT2D eigenvalue weighted by Crippen LogP contribution is 2.39. The van der Waals surface area contributed by atoms with Crippen LogP contribution in [0.15, 0.2) is 42.6 Å². The van der Waals surface area contributed by atoms with E-state index in [1.165, 1.54) is 24.4 Å². The predicted molar refractivity (Wildman–Crippen MR) is 65.7 cm³/mol. The molecule has 3 nitrogen and oxygen atoms in total. The minimum Gasteiger partial charge on any atom is -0.496 e. The van der Waals surface area contributed by atoms with Crippen LogP contribution in [-0.4, -0.2) is 17.9 Å². The van der Waals surface area contributed by atoms with Crippen molar-refractivity contribution in [1.29, 1.82) is 0 Å². The highest BCUT2D eigenvalue weighted by Gasteiger charge is 2.39. The molecule has 1 aromatic heterocycles. The first-order chi connectivity index (χ1) is 9.45. The first-order valence-corrected chi connectivity index (χ1v) is 5.65. The zero-order valence-electron chi connectivity index (χ0n) is 10.4. The fourth-order valence-corrected chi connectivity index (χ4v) is 1.82. The van der Waals surface area contributed by atoms with Gasteiger partial charge in [-0.05, 0) is 18.2 Å². The third-order valence-electron chi connectivity index (χ3n) is 2.67. The molecule has 0 amide bonds. The van der Waals surface area contributed by atoms with Crippen LogP contribution in [0.2, 0.25) is 0 Å². The van der Waals surface area contributed by atoms with Gasteiger partial charge in [-0.15, -0.1) is 0 Å². The van der Waals surface area contributed by atoms with Crippen molar-refractivity contribution in [2.75, 3.05) is 7.11 Å². The summed E-state index contributed by atoms with van der Waals surface area (Å²) >= 11 is 0. The van der Waals surface area contributed by atoms with Crippen molar-refractivity contribution >= 4 is 5.78 Å². The molecule has 2 aromatic rings. The number of nitrogens with zero attached hydrogens (tertiary/aromatic N) is 1. The summed E-state index contributed by atoms with van der Waals surface area (Å²) in [6.45, 7) is 0. The topological polar surface area (TPSA) is 39.2 Å². The van der Waals surface area contributed by atoms with Gasteiger partial charge in [0.05, 0.1) is 7.11 Å². The average molecular weight is 281 g/mol. The number of rotatable bonds is 3. The summed E-state index contributed by atoms with van der Waals surface area (Å²) in [6.07, 6.45) is -3.34. The van der Waals surface area contributed by atoms with Crippen LogP contribution in [0.1, 0.15) is 21.6 Å². The van der Waals surface area contributed by atoms with E-state index in [2.05, 4.69) is 4.98 Å². The molecule has 20 heavy (non-hydrogen) atoms. The Morgan fingerprint density at radius 1 is 1.15 bits per heavy atom. The van der Waals surface area contributed by atoms with E-state index in [-0.39, 0.29) is 11.4 Å². The molecule has 104 valence electrons. The van der Waals surface area contributed by atoms with Crippen LogP contribution in [0.3, 0.4) is 0 Å². The zero-order valence-corrected chi connectivity index (χ0v) is 10.4. The van der Waals surface area contributed by atoms with Gasteiger partial charge in [-0.25, -0.2) is 0 Å². The van der Waals surface area contributed by atoms with Crippen molar-refractivity contribution < 1.29 is 22.7 Å². The SMILES string of the molecule is COc1cccc(C(=O)c2ccccn2)c1C(F)(F)F. The van der Waals surface area contributed by atoms with Crippen molar-refractivity contribution in [3.63, 3.8) is 0 Å². The molecule has 0 saturated carbocycles. The fourth-order valence-electron chi connectivity index (χ4n) is 1.82. The largest absolute Gasteiger partial charge is 0.496 e. The maximum Gasteiger partial charge on any atom is 0.420 e. The Morgan fingerprint density at radius 2 is 1.90 bits per heavy atom. The van der Waals surface area contributed by atoms with Gasteiger partial charge in [0, 0.05) is 11.8 Å². The van der Waals surface area contributed by atoms with Crippen molar-refractivity contribution in [1.82, 2.24) is 4.98 Å². The summed E-state index contributed by atoms with van der Waals surface area (Å²) in [5.74, 6) is -1.18. The molecule has 0 aliphatic carbocycles. The van der Waals surface area contributed by atoms with Crippen LogP contribution >= 0.6 is 0 Å². The number of carbonyl (C=O) groups excluding carboxylic acids is 1. The molecular weight excluding hydrogens is 271 g/mol. The Morgan fingerprint density at radius 3 is 2.45 bits per heavy atom. The minimum atomic E-state index is -4.69. The molecule has 0 spiro atoms. The van der Waals surface area contributed by atoms with Gasteiger partial charge in [-0.1, -0.05) is 18.2 Å². The molecular formula is C14H10F3NO2. The van der Waals surface area contributed by atoms with Gasteiger partial charge in [-0.2, -0.15) is 13.2 Å². The van der Waals surface area contributed by atoms with E-state index >= 15 is 0 Å². The number of alkyl halides is 3. The van der Waals surface area contributed by atoms with Crippen molar-refractivity contribution in [3.8, 4) is 5.75 Å². The van der Waals surface area contributed by atoms with E-state index in [0.29, 0.717) is 0 Å². The Hall–Kier alpha value is -2.37. The number of halogens is 3. The Balaban J connectivity index is 2.60. The molecule has 0 aliphatic heterocycles. The highest BCUT2D eigenvalue weighted by atomic mass is 19.4. The van der Waals surface area contributed by atoms with Crippen molar-refractivity contribution in [2.24, 2.45) is 0 Å². The minimum absolute atomic E-state index is 0.0498. The van der Waals surface area contributed by atoms with Crippen LogP contribution in [0.5, 0.6) is 5.75 Å². The van der Waals surface area contributed by atoms with Gasteiger partial charge in [-0.3, -0.25) is 9.78 Å². The molecule has 0 saturated heterocycles. The molecule has 0 atom stereocenters. The van der Waals surface area contributed by atoms with Gasteiger partial charge in [0.1, 0.15) is 17.0 Å². The highest BCUT2D eigenvalue weighted by molar-refractivity contribution is 6.09. The monoisotopic (exact) mass is 281 g/mol. The number of benzene rings is 1. The van der Waals surface area contributed by atoms with E-state index in [9.17, 15) is 18.0 Å². The summed E-state index contributed by atoms with van der Waals surface area (Å²) in [5.41, 5.74) is -1.61. The second kappa shape index (κ2) is 5.32. The van der Waals surface area contributed by atoms with Crippen LogP contribution in [0.25, 0.3) is 0 Å². The first kappa shape index (κ1) is 14.0. The van der Waals surface area contributed by atoms with Crippen molar-refractivity contribution in [2.45, 2.75) is 6.18 Å². The Bertz CT molecular complexity index is 624. The lowest BCUT2D eigenvalue weighted by atomic mass is 10.00. The third kappa shape index (κ3) is 2.64. The van der Waals surface area contributed by atoms with Gasteiger partial charge in [0.15, 0.2) is 0 Å². The Kier molecular flexibility index (Phi) is 3.74. The predicted octanol–water partition coefficient (Wildman–Crippen LogP) is 3.34. The lowest BCUT2D eigenvalue weighted by Gasteiger charge is -2.15. The molecule has 0 fully saturated rings. The van der Waals surface area contributed by atoms with E-state index in [1.807, 2.05) is 0 Å². The molecule has 0 N–H and O–H groups in total. The number of ether oxygens (including phenoxy) is 1. The number of hydrogen-bond donors (Lipinski definition) is 0. The molecule has 1 aromatic carbocycles. The number of methoxy groups -OCH3 is 1. The second-order valence-corrected chi connectivity index (χ2v) is 3.92. The van der Waals surface area contributed by atoms with Gasteiger partial charge in [0.25, 0.3) is 0 Å². The summed E-state index contributed by atoms with van der Waals surface area (Å²) in [6, 6.07) is 8.09. The van der Waals surface area contributed by atoms with Crippen LogP contribution in [0, 0.1) is 0 Å². The number of pyridine rings is 1. The van der Waals surface area contributed by atoms with Crippen molar-refractivity contribution in [3.05, 3.63) is 59.4 Å².